The molecular weight excluding hydrogens is 307 g/mol. The van der Waals surface area contributed by atoms with Crippen molar-refractivity contribution in [2.24, 2.45) is 0 Å². The minimum atomic E-state index is -0.574. The molecule has 1 fully saturated rings. The lowest BCUT2D eigenvalue weighted by Gasteiger charge is -2.21. The van der Waals surface area contributed by atoms with Crippen LogP contribution in [0.3, 0.4) is 0 Å². The van der Waals surface area contributed by atoms with Crippen LogP contribution < -0.4 is 4.90 Å². The normalized spacial score (nSPS) is 13.9. The number of amides is 1. The Balaban J connectivity index is 1.92. The molecule has 22 heavy (non-hydrogen) atoms. The summed E-state index contributed by atoms with van der Waals surface area (Å²) in [4.78, 5) is 13.6. The van der Waals surface area contributed by atoms with E-state index in [0.29, 0.717) is 11.7 Å². The maximum absolute atomic E-state index is 13.7. The number of hydrogen-bond donors (Lipinski definition) is 0. The van der Waals surface area contributed by atoms with E-state index in [2.05, 4.69) is 16.9 Å². The molecule has 0 N–H and O–H groups in total. The zero-order valence-electron chi connectivity index (χ0n) is 11.7. The molecule has 114 valence electrons. The lowest BCUT2D eigenvalue weighted by atomic mass is 10.2. The van der Waals surface area contributed by atoms with Gasteiger partial charge < -0.3 is 4.90 Å². The van der Waals surface area contributed by atoms with Crippen LogP contribution in [0.5, 0.6) is 0 Å². The van der Waals surface area contributed by atoms with Crippen molar-refractivity contribution < 1.29 is 9.18 Å². The summed E-state index contributed by atoms with van der Waals surface area (Å²) in [6.07, 6.45) is 4.93. The van der Waals surface area contributed by atoms with Crippen LogP contribution >= 0.6 is 11.6 Å². The van der Waals surface area contributed by atoms with Crippen LogP contribution in [0.4, 0.5) is 10.1 Å². The van der Waals surface area contributed by atoms with Crippen LogP contribution in [0.25, 0.3) is 0 Å². The van der Waals surface area contributed by atoms with Crippen LogP contribution in [0.2, 0.25) is 5.02 Å². The van der Waals surface area contributed by atoms with Gasteiger partial charge in [0.05, 0.1) is 29.5 Å². The standard InChI is InChI=1S/C15H14ClFN4O/c1-2-15(22)20(11-5-6-13(16)14(17)7-11)9-12-8-18-19-21(12)10-3-4-10/h2,5-8,10H,1,3-4,9H2. The summed E-state index contributed by atoms with van der Waals surface area (Å²) >= 11 is 5.69. The molecule has 0 spiro atoms. The average Bonchev–Trinajstić information content (AvgIpc) is 3.26. The highest BCUT2D eigenvalue weighted by Crippen LogP contribution is 2.35. The van der Waals surface area contributed by atoms with Gasteiger partial charge in [-0.05, 0) is 37.1 Å². The number of hydrogen-bond acceptors (Lipinski definition) is 3. The van der Waals surface area contributed by atoms with Gasteiger partial charge in [-0.15, -0.1) is 5.10 Å². The highest BCUT2D eigenvalue weighted by molar-refractivity contribution is 6.30. The second kappa shape index (κ2) is 5.88. The summed E-state index contributed by atoms with van der Waals surface area (Å²) in [7, 11) is 0. The Morgan fingerprint density at radius 1 is 1.55 bits per heavy atom. The van der Waals surface area contributed by atoms with E-state index in [9.17, 15) is 9.18 Å². The maximum Gasteiger partial charge on any atom is 0.250 e. The quantitative estimate of drug-likeness (QED) is 0.795. The summed E-state index contributed by atoms with van der Waals surface area (Å²) in [5, 5.41) is 7.96. The second-order valence-electron chi connectivity index (χ2n) is 5.13. The summed E-state index contributed by atoms with van der Waals surface area (Å²) in [6, 6.07) is 4.60. The van der Waals surface area contributed by atoms with Crippen LogP contribution in [0.15, 0.2) is 37.1 Å². The third-order valence-electron chi connectivity index (χ3n) is 3.52. The molecule has 1 amide bonds. The van der Waals surface area contributed by atoms with Crippen LogP contribution in [0.1, 0.15) is 24.6 Å². The van der Waals surface area contributed by atoms with Crippen molar-refractivity contribution in [3.05, 3.63) is 53.6 Å². The lowest BCUT2D eigenvalue weighted by molar-refractivity contribution is -0.114. The molecule has 1 aliphatic carbocycles. The van der Waals surface area contributed by atoms with Crippen molar-refractivity contribution in [1.29, 1.82) is 0 Å². The number of nitrogens with zero attached hydrogens (tertiary/aromatic N) is 4. The van der Waals surface area contributed by atoms with Gasteiger partial charge in [0, 0.05) is 5.69 Å². The van der Waals surface area contributed by atoms with E-state index in [4.69, 9.17) is 11.6 Å². The number of aromatic nitrogens is 3. The van der Waals surface area contributed by atoms with E-state index >= 15 is 0 Å². The SMILES string of the molecule is C=CC(=O)N(Cc1cnnn1C1CC1)c1ccc(Cl)c(F)c1. The fraction of sp³-hybridized carbons (Fsp3) is 0.267. The minimum absolute atomic E-state index is 0.0134. The van der Waals surface area contributed by atoms with Crippen LogP contribution in [-0.2, 0) is 11.3 Å². The topological polar surface area (TPSA) is 51.0 Å². The predicted molar refractivity (Wildman–Crippen MR) is 81.1 cm³/mol. The highest BCUT2D eigenvalue weighted by Gasteiger charge is 2.28. The van der Waals surface area contributed by atoms with Crippen molar-refractivity contribution in [3.63, 3.8) is 0 Å². The smallest absolute Gasteiger partial charge is 0.250 e. The fourth-order valence-electron chi connectivity index (χ4n) is 2.23. The van der Waals surface area contributed by atoms with Crippen molar-refractivity contribution in [2.75, 3.05) is 4.90 Å². The van der Waals surface area contributed by atoms with Crippen molar-refractivity contribution >= 4 is 23.2 Å². The van der Waals surface area contributed by atoms with Gasteiger partial charge in [0.2, 0.25) is 0 Å². The molecule has 7 heteroatoms. The molecule has 0 unspecified atom stereocenters. The Bertz CT molecular complexity index is 726. The fourth-order valence-corrected chi connectivity index (χ4v) is 2.34. The third kappa shape index (κ3) is 2.87. The predicted octanol–water partition coefficient (Wildman–Crippen LogP) is 3.12. The van der Waals surface area contributed by atoms with E-state index < -0.39 is 5.82 Å². The first-order valence-corrected chi connectivity index (χ1v) is 7.26. The first-order valence-electron chi connectivity index (χ1n) is 6.88. The molecule has 2 aromatic rings. The largest absolute Gasteiger partial charge is 0.303 e. The summed E-state index contributed by atoms with van der Waals surface area (Å²) in [6.45, 7) is 3.74. The molecule has 0 bridgehead atoms. The zero-order chi connectivity index (χ0) is 15.7. The van der Waals surface area contributed by atoms with Crippen LogP contribution in [0, 0.1) is 5.82 Å². The molecule has 1 aliphatic rings. The molecule has 0 saturated heterocycles. The summed E-state index contributed by atoms with van der Waals surface area (Å²) in [5.74, 6) is -0.903. The lowest BCUT2D eigenvalue weighted by Crippen LogP contribution is -2.29. The monoisotopic (exact) mass is 320 g/mol. The van der Waals surface area contributed by atoms with Crippen LogP contribution in [-0.4, -0.2) is 20.9 Å². The van der Waals surface area contributed by atoms with Gasteiger partial charge in [0.1, 0.15) is 5.82 Å². The zero-order valence-corrected chi connectivity index (χ0v) is 12.5. The van der Waals surface area contributed by atoms with E-state index in [-0.39, 0.29) is 17.5 Å². The molecular formula is C15H14ClFN4O. The molecule has 1 heterocycles. The molecule has 1 aromatic carbocycles. The van der Waals surface area contributed by atoms with Gasteiger partial charge in [-0.1, -0.05) is 23.4 Å². The Hall–Kier alpha value is -2.21. The minimum Gasteiger partial charge on any atom is -0.303 e. The summed E-state index contributed by atoms with van der Waals surface area (Å²) < 4.78 is 15.5. The van der Waals surface area contributed by atoms with E-state index in [1.165, 1.54) is 23.1 Å². The van der Waals surface area contributed by atoms with Crippen molar-refractivity contribution in [1.82, 2.24) is 15.0 Å². The van der Waals surface area contributed by atoms with Gasteiger partial charge >= 0.3 is 0 Å². The molecule has 1 aromatic heterocycles. The molecule has 0 atom stereocenters. The first-order chi connectivity index (χ1) is 10.6. The molecule has 0 radical (unpaired) electrons. The van der Waals surface area contributed by atoms with Gasteiger partial charge in [0.15, 0.2) is 0 Å². The number of halogens is 2. The first kappa shape index (κ1) is 14.7. The maximum atomic E-state index is 13.7. The average molecular weight is 321 g/mol. The van der Waals surface area contributed by atoms with Crippen molar-refractivity contribution in [3.8, 4) is 0 Å². The second-order valence-corrected chi connectivity index (χ2v) is 5.54. The van der Waals surface area contributed by atoms with E-state index in [1.807, 2.05) is 4.68 Å². The molecule has 3 rings (SSSR count). The van der Waals surface area contributed by atoms with E-state index in [1.54, 1.807) is 12.3 Å². The third-order valence-corrected chi connectivity index (χ3v) is 3.82. The Morgan fingerprint density at radius 2 is 2.32 bits per heavy atom. The van der Waals surface area contributed by atoms with Gasteiger partial charge in [0.25, 0.3) is 5.91 Å². The van der Waals surface area contributed by atoms with Gasteiger partial charge in [-0.3, -0.25) is 4.79 Å². The number of carbonyl (C=O) groups excluding carboxylic acids is 1. The number of benzene rings is 1. The number of carbonyl (C=O) groups is 1. The number of rotatable bonds is 5. The Kier molecular flexibility index (Phi) is 3.94. The highest BCUT2D eigenvalue weighted by atomic mass is 35.5. The molecule has 5 nitrogen and oxygen atoms in total. The summed E-state index contributed by atoms with van der Waals surface area (Å²) in [5.41, 5.74) is 1.21. The molecule has 1 saturated carbocycles. The van der Waals surface area contributed by atoms with E-state index in [0.717, 1.165) is 18.5 Å². The van der Waals surface area contributed by atoms with Crippen molar-refractivity contribution in [2.45, 2.75) is 25.4 Å². The van der Waals surface area contributed by atoms with Gasteiger partial charge in [-0.2, -0.15) is 0 Å². The van der Waals surface area contributed by atoms with Gasteiger partial charge in [-0.25, -0.2) is 9.07 Å². The molecule has 0 aliphatic heterocycles. The number of anilines is 1. The Morgan fingerprint density at radius 3 is 2.95 bits per heavy atom. The Labute approximate surface area is 132 Å².